The number of aryl methyl sites for hydroxylation is 1. The molecule has 102 valence electrons. The minimum atomic E-state index is -0.428. The number of ether oxygens (including phenoxy) is 1. The summed E-state index contributed by atoms with van der Waals surface area (Å²) in [7, 11) is 1.60. The Hall–Kier alpha value is -2.61. The van der Waals surface area contributed by atoms with Crippen molar-refractivity contribution in [1.82, 2.24) is 4.98 Å². The summed E-state index contributed by atoms with van der Waals surface area (Å²) in [6, 6.07) is 9.67. The third-order valence-electron chi connectivity index (χ3n) is 2.78. The maximum Gasteiger partial charge on any atom is 0.124 e. The lowest BCUT2D eigenvalue weighted by Crippen LogP contribution is -2.04. The van der Waals surface area contributed by atoms with E-state index < -0.39 is 5.82 Å². The Morgan fingerprint density at radius 3 is 2.85 bits per heavy atom. The van der Waals surface area contributed by atoms with Gasteiger partial charge in [0.05, 0.1) is 30.6 Å². The first-order valence-electron chi connectivity index (χ1n) is 6.07. The normalized spacial score (nSPS) is 9.90. The fraction of sp³-hybridized carbons (Fsp3) is 0.200. The molecule has 0 unspecified atom stereocenters. The molecule has 2 aromatic rings. The molecule has 0 amide bonds. The number of aromatic nitrogens is 1. The highest BCUT2D eigenvalue weighted by molar-refractivity contribution is 5.57. The van der Waals surface area contributed by atoms with Gasteiger partial charge in [-0.15, -0.1) is 0 Å². The van der Waals surface area contributed by atoms with Crippen molar-refractivity contribution in [3.05, 3.63) is 53.1 Å². The van der Waals surface area contributed by atoms with E-state index in [-0.39, 0.29) is 5.56 Å². The molecule has 0 saturated heterocycles. The molecular formula is C15H14FN3O. The fourth-order valence-electron chi connectivity index (χ4n) is 1.86. The Morgan fingerprint density at radius 1 is 1.35 bits per heavy atom. The van der Waals surface area contributed by atoms with E-state index in [1.54, 1.807) is 13.2 Å². The first kappa shape index (κ1) is 13.8. The van der Waals surface area contributed by atoms with Crippen LogP contribution in [0.15, 0.2) is 30.3 Å². The summed E-state index contributed by atoms with van der Waals surface area (Å²) in [5.74, 6) is 0.302. The molecule has 4 nitrogen and oxygen atoms in total. The van der Waals surface area contributed by atoms with Crippen molar-refractivity contribution in [3.63, 3.8) is 0 Å². The van der Waals surface area contributed by atoms with Crippen molar-refractivity contribution >= 4 is 5.69 Å². The predicted molar refractivity (Wildman–Crippen MR) is 74.0 cm³/mol. The van der Waals surface area contributed by atoms with Gasteiger partial charge in [0.1, 0.15) is 17.6 Å². The smallest absolute Gasteiger partial charge is 0.124 e. The zero-order valence-electron chi connectivity index (χ0n) is 11.3. The quantitative estimate of drug-likeness (QED) is 0.928. The molecular weight excluding hydrogens is 257 g/mol. The van der Waals surface area contributed by atoms with Crippen molar-refractivity contribution < 1.29 is 9.13 Å². The number of nitrogens with one attached hydrogen (secondary N) is 1. The fourth-order valence-corrected chi connectivity index (χ4v) is 1.86. The van der Waals surface area contributed by atoms with E-state index in [2.05, 4.69) is 10.3 Å². The molecule has 0 aliphatic rings. The van der Waals surface area contributed by atoms with Crippen molar-refractivity contribution in [1.29, 1.82) is 5.26 Å². The summed E-state index contributed by atoms with van der Waals surface area (Å²) in [5, 5.41) is 12.1. The molecule has 2 rings (SSSR count). The van der Waals surface area contributed by atoms with Crippen LogP contribution in [0.3, 0.4) is 0 Å². The number of methoxy groups -OCH3 is 1. The SMILES string of the molecule is COc1cc(C)nc(CNc2ccc(F)cc2C#N)c1. The second kappa shape index (κ2) is 6.02. The van der Waals surface area contributed by atoms with Gasteiger partial charge < -0.3 is 10.1 Å². The molecule has 1 N–H and O–H groups in total. The van der Waals surface area contributed by atoms with Crippen LogP contribution in [-0.4, -0.2) is 12.1 Å². The van der Waals surface area contributed by atoms with Crippen LogP contribution in [0.5, 0.6) is 5.75 Å². The highest BCUT2D eigenvalue weighted by atomic mass is 19.1. The zero-order chi connectivity index (χ0) is 14.5. The minimum Gasteiger partial charge on any atom is -0.497 e. The Balaban J connectivity index is 2.17. The van der Waals surface area contributed by atoms with Gasteiger partial charge in [0.2, 0.25) is 0 Å². The van der Waals surface area contributed by atoms with Crippen LogP contribution in [0.4, 0.5) is 10.1 Å². The van der Waals surface area contributed by atoms with Gasteiger partial charge in [-0.25, -0.2) is 4.39 Å². The van der Waals surface area contributed by atoms with Gasteiger partial charge in [-0.1, -0.05) is 0 Å². The molecule has 0 aliphatic carbocycles. The first-order chi connectivity index (χ1) is 9.62. The summed E-state index contributed by atoms with van der Waals surface area (Å²) in [4.78, 5) is 4.37. The third kappa shape index (κ3) is 3.23. The number of hydrogen-bond acceptors (Lipinski definition) is 4. The number of rotatable bonds is 4. The lowest BCUT2D eigenvalue weighted by Gasteiger charge is -2.09. The van der Waals surface area contributed by atoms with E-state index in [9.17, 15) is 4.39 Å². The molecule has 0 radical (unpaired) electrons. The van der Waals surface area contributed by atoms with Gasteiger partial charge in [0, 0.05) is 17.8 Å². The maximum absolute atomic E-state index is 13.0. The van der Waals surface area contributed by atoms with E-state index in [4.69, 9.17) is 10.00 Å². The van der Waals surface area contributed by atoms with Gasteiger partial charge >= 0.3 is 0 Å². The molecule has 0 saturated carbocycles. The molecule has 0 bridgehead atoms. The molecule has 20 heavy (non-hydrogen) atoms. The van der Waals surface area contributed by atoms with Gasteiger partial charge in [-0.05, 0) is 25.1 Å². The summed E-state index contributed by atoms with van der Waals surface area (Å²) in [6.45, 7) is 2.31. The van der Waals surface area contributed by atoms with Crippen LogP contribution in [0.1, 0.15) is 17.0 Å². The summed E-state index contributed by atoms with van der Waals surface area (Å²) in [5.41, 5.74) is 2.48. The second-order valence-corrected chi connectivity index (χ2v) is 4.29. The lowest BCUT2D eigenvalue weighted by molar-refractivity contribution is 0.413. The van der Waals surface area contributed by atoms with Crippen LogP contribution >= 0.6 is 0 Å². The number of anilines is 1. The van der Waals surface area contributed by atoms with Crippen LogP contribution in [-0.2, 0) is 6.54 Å². The molecule has 0 spiro atoms. The van der Waals surface area contributed by atoms with Crippen molar-refractivity contribution in [2.24, 2.45) is 0 Å². The van der Waals surface area contributed by atoms with E-state index in [1.807, 2.05) is 25.1 Å². The Labute approximate surface area is 116 Å². The highest BCUT2D eigenvalue weighted by Gasteiger charge is 2.05. The van der Waals surface area contributed by atoms with Gasteiger partial charge in [-0.2, -0.15) is 5.26 Å². The van der Waals surface area contributed by atoms with Crippen molar-refractivity contribution in [2.45, 2.75) is 13.5 Å². The topological polar surface area (TPSA) is 57.9 Å². The van der Waals surface area contributed by atoms with Gasteiger partial charge in [-0.3, -0.25) is 4.98 Å². The minimum absolute atomic E-state index is 0.268. The van der Waals surface area contributed by atoms with E-state index in [0.29, 0.717) is 12.2 Å². The lowest BCUT2D eigenvalue weighted by atomic mass is 10.2. The number of halogens is 1. The molecule has 1 aromatic heterocycles. The van der Waals surface area contributed by atoms with Crippen LogP contribution in [0.2, 0.25) is 0 Å². The zero-order valence-corrected chi connectivity index (χ0v) is 11.3. The Kier molecular flexibility index (Phi) is 4.16. The molecule has 0 fully saturated rings. The molecule has 1 heterocycles. The molecule has 0 atom stereocenters. The maximum atomic E-state index is 13.0. The number of nitriles is 1. The second-order valence-electron chi connectivity index (χ2n) is 4.29. The molecule has 0 aliphatic heterocycles. The predicted octanol–water partition coefficient (Wildman–Crippen LogP) is 3.02. The van der Waals surface area contributed by atoms with Crippen molar-refractivity contribution in [3.8, 4) is 11.8 Å². The summed E-state index contributed by atoms with van der Waals surface area (Å²) < 4.78 is 18.2. The number of hydrogen-bond donors (Lipinski definition) is 1. The third-order valence-corrected chi connectivity index (χ3v) is 2.78. The van der Waals surface area contributed by atoms with E-state index in [0.717, 1.165) is 17.1 Å². The average Bonchev–Trinajstić information content (AvgIpc) is 2.45. The number of benzene rings is 1. The Morgan fingerprint density at radius 2 is 2.15 bits per heavy atom. The monoisotopic (exact) mass is 271 g/mol. The van der Waals surface area contributed by atoms with Crippen LogP contribution in [0.25, 0.3) is 0 Å². The van der Waals surface area contributed by atoms with Crippen LogP contribution < -0.4 is 10.1 Å². The van der Waals surface area contributed by atoms with E-state index in [1.165, 1.54) is 12.1 Å². The number of nitrogens with zero attached hydrogens (tertiary/aromatic N) is 2. The molecule has 1 aromatic carbocycles. The summed E-state index contributed by atoms with van der Waals surface area (Å²) in [6.07, 6.45) is 0. The summed E-state index contributed by atoms with van der Waals surface area (Å²) >= 11 is 0. The largest absolute Gasteiger partial charge is 0.497 e. The van der Waals surface area contributed by atoms with Gasteiger partial charge in [0.25, 0.3) is 0 Å². The first-order valence-corrected chi connectivity index (χ1v) is 6.07. The van der Waals surface area contributed by atoms with Crippen LogP contribution in [0, 0.1) is 24.1 Å². The Bertz CT molecular complexity index is 665. The standard InChI is InChI=1S/C15H14FN3O/c1-10-5-14(20-2)7-13(19-10)9-18-15-4-3-12(16)6-11(15)8-17/h3-7,18H,9H2,1-2H3. The average molecular weight is 271 g/mol. The van der Waals surface area contributed by atoms with Crippen molar-refractivity contribution in [2.75, 3.05) is 12.4 Å². The van der Waals surface area contributed by atoms with Gasteiger partial charge in [0.15, 0.2) is 0 Å². The highest BCUT2D eigenvalue weighted by Crippen LogP contribution is 2.18. The molecule has 5 heteroatoms. The number of pyridine rings is 1. The van der Waals surface area contributed by atoms with E-state index >= 15 is 0 Å².